The van der Waals surface area contributed by atoms with E-state index < -0.39 is 0 Å². The first-order chi connectivity index (χ1) is 11.2. The van der Waals surface area contributed by atoms with Gasteiger partial charge >= 0.3 is 0 Å². The van der Waals surface area contributed by atoms with Crippen molar-refractivity contribution in [2.75, 3.05) is 46.9 Å². The SMILES string of the molecule is CCNC(=NCc1ccccc1OC)NCC1CN(C)CCO1.I. The Morgan fingerprint density at radius 1 is 1.38 bits per heavy atom. The number of hydrogen-bond donors (Lipinski definition) is 2. The predicted octanol–water partition coefficient (Wildman–Crippen LogP) is 1.70. The number of halogens is 1. The van der Waals surface area contributed by atoms with Crippen LogP contribution >= 0.6 is 24.0 Å². The Balaban J connectivity index is 0.00000288. The van der Waals surface area contributed by atoms with Gasteiger partial charge in [0, 0.05) is 31.7 Å². The summed E-state index contributed by atoms with van der Waals surface area (Å²) in [5.74, 6) is 1.67. The van der Waals surface area contributed by atoms with Gasteiger partial charge in [0.05, 0.1) is 26.4 Å². The fraction of sp³-hybridized carbons (Fsp3) is 0.588. The first-order valence-corrected chi connectivity index (χ1v) is 8.17. The topological polar surface area (TPSA) is 58.1 Å². The maximum absolute atomic E-state index is 5.77. The van der Waals surface area contributed by atoms with Gasteiger partial charge in [0.15, 0.2) is 5.96 Å². The number of nitrogens with one attached hydrogen (secondary N) is 2. The fourth-order valence-corrected chi connectivity index (χ4v) is 2.54. The molecule has 0 aromatic heterocycles. The largest absolute Gasteiger partial charge is 0.496 e. The lowest BCUT2D eigenvalue weighted by Gasteiger charge is -2.30. The molecule has 0 aliphatic carbocycles. The fourth-order valence-electron chi connectivity index (χ4n) is 2.54. The van der Waals surface area contributed by atoms with Gasteiger partial charge in [0.1, 0.15) is 5.75 Å². The van der Waals surface area contributed by atoms with Crippen molar-refractivity contribution in [1.29, 1.82) is 0 Å². The molecule has 1 aliphatic rings. The van der Waals surface area contributed by atoms with E-state index in [1.54, 1.807) is 7.11 Å². The minimum Gasteiger partial charge on any atom is -0.496 e. The van der Waals surface area contributed by atoms with E-state index in [1.165, 1.54) is 0 Å². The number of guanidine groups is 1. The predicted molar refractivity (Wildman–Crippen MR) is 108 cm³/mol. The molecule has 1 saturated heterocycles. The maximum Gasteiger partial charge on any atom is 0.191 e. The Morgan fingerprint density at radius 2 is 2.17 bits per heavy atom. The van der Waals surface area contributed by atoms with Crippen LogP contribution in [0.5, 0.6) is 5.75 Å². The maximum atomic E-state index is 5.77. The van der Waals surface area contributed by atoms with E-state index >= 15 is 0 Å². The zero-order valence-corrected chi connectivity index (χ0v) is 17.1. The van der Waals surface area contributed by atoms with Gasteiger partial charge < -0.3 is 25.0 Å². The van der Waals surface area contributed by atoms with E-state index in [9.17, 15) is 0 Å². The van der Waals surface area contributed by atoms with Crippen LogP contribution in [0.25, 0.3) is 0 Å². The Labute approximate surface area is 162 Å². The van der Waals surface area contributed by atoms with Crippen LogP contribution in [0.15, 0.2) is 29.3 Å². The summed E-state index contributed by atoms with van der Waals surface area (Å²) in [5, 5.41) is 6.64. The number of nitrogens with zero attached hydrogens (tertiary/aromatic N) is 2. The molecule has 1 aromatic carbocycles. The number of aliphatic imine (C=N–C) groups is 1. The summed E-state index contributed by atoms with van der Waals surface area (Å²) < 4.78 is 11.1. The molecule has 0 radical (unpaired) electrons. The van der Waals surface area contributed by atoms with Crippen molar-refractivity contribution >= 4 is 29.9 Å². The normalized spacial score (nSPS) is 18.6. The van der Waals surface area contributed by atoms with Crippen molar-refractivity contribution in [3.8, 4) is 5.75 Å². The number of rotatable bonds is 6. The van der Waals surface area contributed by atoms with Crippen molar-refractivity contribution in [2.24, 2.45) is 4.99 Å². The molecule has 2 N–H and O–H groups in total. The third-order valence-corrected chi connectivity index (χ3v) is 3.78. The van der Waals surface area contributed by atoms with Gasteiger partial charge in [-0.3, -0.25) is 0 Å². The molecule has 0 saturated carbocycles. The Kier molecular flexibility index (Phi) is 10.0. The minimum absolute atomic E-state index is 0. The zero-order chi connectivity index (χ0) is 16.5. The summed E-state index contributed by atoms with van der Waals surface area (Å²) in [6.45, 7) is 6.94. The average molecular weight is 448 g/mol. The van der Waals surface area contributed by atoms with Crippen molar-refractivity contribution in [3.05, 3.63) is 29.8 Å². The lowest BCUT2D eigenvalue weighted by Crippen LogP contribution is -2.48. The Hall–Kier alpha value is -1.06. The summed E-state index contributed by atoms with van der Waals surface area (Å²) in [6, 6.07) is 7.95. The molecule has 1 aromatic rings. The van der Waals surface area contributed by atoms with Gasteiger partial charge in [0.2, 0.25) is 0 Å². The van der Waals surface area contributed by atoms with E-state index in [-0.39, 0.29) is 30.1 Å². The Morgan fingerprint density at radius 3 is 2.88 bits per heavy atom. The molecule has 0 amide bonds. The number of likely N-dealkylation sites (N-methyl/N-ethyl adjacent to an activating group) is 1. The Bertz CT molecular complexity index is 513. The summed E-state index contributed by atoms with van der Waals surface area (Å²) in [4.78, 5) is 6.93. The van der Waals surface area contributed by atoms with E-state index in [0.29, 0.717) is 6.54 Å². The van der Waals surface area contributed by atoms with E-state index in [4.69, 9.17) is 9.47 Å². The van der Waals surface area contributed by atoms with Gasteiger partial charge in [-0.1, -0.05) is 18.2 Å². The molecule has 7 heteroatoms. The molecule has 0 spiro atoms. The van der Waals surface area contributed by atoms with Gasteiger partial charge in [0.25, 0.3) is 0 Å². The van der Waals surface area contributed by atoms with Crippen LogP contribution in [0.2, 0.25) is 0 Å². The van der Waals surface area contributed by atoms with Crippen LogP contribution in [0.3, 0.4) is 0 Å². The lowest BCUT2D eigenvalue weighted by molar-refractivity contribution is -0.0161. The second kappa shape index (κ2) is 11.5. The van der Waals surface area contributed by atoms with Crippen LogP contribution < -0.4 is 15.4 Å². The first-order valence-electron chi connectivity index (χ1n) is 8.17. The van der Waals surface area contributed by atoms with Crippen molar-refractivity contribution < 1.29 is 9.47 Å². The first kappa shape index (κ1) is 21.0. The third-order valence-electron chi connectivity index (χ3n) is 3.78. The summed E-state index contributed by atoms with van der Waals surface area (Å²) >= 11 is 0. The number of para-hydroxylation sites is 1. The van der Waals surface area contributed by atoms with Crippen LogP contribution in [-0.2, 0) is 11.3 Å². The van der Waals surface area contributed by atoms with Crippen molar-refractivity contribution in [2.45, 2.75) is 19.6 Å². The molecule has 1 unspecified atom stereocenters. The molecule has 1 atom stereocenters. The second-order valence-electron chi connectivity index (χ2n) is 5.64. The highest BCUT2D eigenvalue weighted by Gasteiger charge is 2.17. The molecule has 136 valence electrons. The highest BCUT2D eigenvalue weighted by Crippen LogP contribution is 2.17. The molecule has 2 rings (SSSR count). The molecule has 1 heterocycles. The lowest BCUT2D eigenvalue weighted by atomic mass is 10.2. The second-order valence-corrected chi connectivity index (χ2v) is 5.64. The highest BCUT2D eigenvalue weighted by molar-refractivity contribution is 14.0. The number of methoxy groups -OCH3 is 1. The zero-order valence-electron chi connectivity index (χ0n) is 14.7. The van der Waals surface area contributed by atoms with Crippen LogP contribution in [-0.4, -0.2) is 63.9 Å². The molecule has 6 nitrogen and oxygen atoms in total. The van der Waals surface area contributed by atoms with Gasteiger partial charge in [-0.15, -0.1) is 24.0 Å². The number of benzene rings is 1. The number of ether oxygens (including phenoxy) is 2. The molecule has 1 fully saturated rings. The van der Waals surface area contributed by atoms with Crippen LogP contribution in [0.4, 0.5) is 0 Å². The number of hydrogen-bond acceptors (Lipinski definition) is 4. The van der Waals surface area contributed by atoms with Crippen LogP contribution in [0, 0.1) is 0 Å². The average Bonchev–Trinajstić information content (AvgIpc) is 2.57. The summed E-state index contributed by atoms with van der Waals surface area (Å²) in [7, 11) is 3.80. The minimum atomic E-state index is 0. The highest BCUT2D eigenvalue weighted by atomic mass is 127. The summed E-state index contributed by atoms with van der Waals surface area (Å²) in [5.41, 5.74) is 1.07. The van der Waals surface area contributed by atoms with E-state index in [1.807, 2.05) is 24.3 Å². The third kappa shape index (κ3) is 6.82. The smallest absolute Gasteiger partial charge is 0.191 e. The number of morpholine rings is 1. The molecule has 0 bridgehead atoms. The van der Waals surface area contributed by atoms with Crippen molar-refractivity contribution in [1.82, 2.24) is 15.5 Å². The van der Waals surface area contributed by atoms with E-state index in [0.717, 1.165) is 50.1 Å². The van der Waals surface area contributed by atoms with E-state index in [2.05, 4.69) is 34.5 Å². The molecule has 1 aliphatic heterocycles. The van der Waals surface area contributed by atoms with Gasteiger partial charge in [-0.05, 0) is 20.0 Å². The van der Waals surface area contributed by atoms with Gasteiger partial charge in [-0.25, -0.2) is 4.99 Å². The quantitative estimate of drug-likeness (QED) is 0.394. The monoisotopic (exact) mass is 448 g/mol. The van der Waals surface area contributed by atoms with Crippen LogP contribution in [0.1, 0.15) is 12.5 Å². The molecular weight excluding hydrogens is 419 g/mol. The van der Waals surface area contributed by atoms with Gasteiger partial charge in [-0.2, -0.15) is 0 Å². The van der Waals surface area contributed by atoms with Crippen molar-refractivity contribution in [3.63, 3.8) is 0 Å². The molecular formula is C17H29IN4O2. The summed E-state index contributed by atoms with van der Waals surface area (Å²) in [6.07, 6.45) is 0.198. The molecule has 24 heavy (non-hydrogen) atoms. The standard InChI is InChI=1S/C17H28N4O2.HI/c1-4-18-17(20-12-15-13-21(2)9-10-23-15)19-11-14-7-5-6-8-16(14)22-3;/h5-8,15H,4,9-13H2,1-3H3,(H2,18,19,20);1H.